The van der Waals surface area contributed by atoms with Crippen LogP contribution in [0.4, 0.5) is 4.39 Å². The molecule has 0 amide bonds. The predicted molar refractivity (Wildman–Crippen MR) is 98.2 cm³/mol. The number of rotatable bonds is 8. The number of likely N-dealkylation sites (N-methyl/N-ethyl adjacent to an activating group) is 1. The molecule has 0 fully saturated rings. The summed E-state index contributed by atoms with van der Waals surface area (Å²) in [5, 5.41) is 6.46. The molecule has 0 aliphatic heterocycles. The van der Waals surface area contributed by atoms with Gasteiger partial charge in [0.05, 0.1) is 13.1 Å². The molecule has 0 aliphatic rings. The summed E-state index contributed by atoms with van der Waals surface area (Å²) in [7, 11) is 4.08. The van der Waals surface area contributed by atoms with Crippen LogP contribution < -0.4 is 15.4 Å². The van der Waals surface area contributed by atoms with Crippen LogP contribution in [-0.4, -0.2) is 56.2 Å². The van der Waals surface area contributed by atoms with Crippen molar-refractivity contribution in [1.29, 1.82) is 0 Å². The van der Waals surface area contributed by atoms with Crippen molar-refractivity contribution in [2.45, 2.75) is 39.3 Å². The van der Waals surface area contributed by atoms with Crippen molar-refractivity contribution in [3.63, 3.8) is 0 Å². The molecular weight excluding hydrogens is 307 g/mol. The van der Waals surface area contributed by atoms with Crippen molar-refractivity contribution >= 4 is 5.96 Å². The van der Waals surface area contributed by atoms with Crippen LogP contribution in [0.5, 0.6) is 5.75 Å². The second-order valence-electron chi connectivity index (χ2n) is 6.64. The average Bonchev–Trinajstić information content (AvgIpc) is 2.52. The van der Waals surface area contributed by atoms with E-state index >= 15 is 0 Å². The number of nitrogens with zero attached hydrogens (tertiary/aromatic N) is 2. The molecule has 24 heavy (non-hydrogen) atoms. The molecule has 0 radical (unpaired) electrons. The Bertz CT molecular complexity index is 532. The zero-order valence-corrected chi connectivity index (χ0v) is 15.7. The van der Waals surface area contributed by atoms with E-state index in [4.69, 9.17) is 4.74 Å². The lowest BCUT2D eigenvalue weighted by atomic mass is 10.1. The van der Waals surface area contributed by atoms with E-state index in [1.54, 1.807) is 18.2 Å². The second kappa shape index (κ2) is 9.47. The molecule has 0 aliphatic carbocycles. The quantitative estimate of drug-likeness (QED) is 0.565. The number of hydrogen-bond acceptors (Lipinski definition) is 3. The zero-order chi connectivity index (χ0) is 18.2. The number of ether oxygens (including phenoxy) is 1. The van der Waals surface area contributed by atoms with Gasteiger partial charge < -0.3 is 20.3 Å². The standard InChI is InChI=1S/C18H31FN4O/c1-7-20-17(22-13-18(3,4)23(5)6)21-12-14(2)24-16-11-9-8-10-15(16)19/h8-11,14H,7,12-13H2,1-6H3,(H2,20,21,22). The maximum atomic E-state index is 13.6. The first-order valence-corrected chi connectivity index (χ1v) is 8.37. The highest BCUT2D eigenvalue weighted by Gasteiger charge is 2.20. The van der Waals surface area contributed by atoms with Gasteiger partial charge in [0, 0.05) is 12.1 Å². The molecule has 0 spiro atoms. The van der Waals surface area contributed by atoms with Gasteiger partial charge in [-0.2, -0.15) is 0 Å². The van der Waals surface area contributed by atoms with Crippen molar-refractivity contribution in [1.82, 2.24) is 15.5 Å². The van der Waals surface area contributed by atoms with Crippen LogP contribution >= 0.6 is 0 Å². The largest absolute Gasteiger partial charge is 0.486 e. The van der Waals surface area contributed by atoms with Crippen molar-refractivity contribution < 1.29 is 9.13 Å². The Morgan fingerprint density at radius 2 is 1.96 bits per heavy atom. The summed E-state index contributed by atoms with van der Waals surface area (Å²) < 4.78 is 19.2. The van der Waals surface area contributed by atoms with E-state index in [9.17, 15) is 4.39 Å². The average molecular weight is 338 g/mol. The third kappa shape index (κ3) is 6.74. The highest BCUT2D eigenvalue weighted by atomic mass is 19.1. The van der Waals surface area contributed by atoms with Gasteiger partial charge >= 0.3 is 0 Å². The summed E-state index contributed by atoms with van der Waals surface area (Å²) >= 11 is 0. The van der Waals surface area contributed by atoms with E-state index in [0.717, 1.165) is 12.5 Å². The zero-order valence-electron chi connectivity index (χ0n) is 15.7. The lowest BCUT2D eigenvalue weighted by Crippen LogP contribution is -2.45. The van der Waals surface area contributed by atoms with Gasteiger partial charge in [0.15, 0.2) is 17.5 Å². The second-order valence-corrected chi connectivity index (χ2v) is 6.64. The first kappa shape index (κ1) is 20.2. The molecule has 1 rings (SSSR count). The first-order valence-electron chi connectivity index (χ1n) is 8.37. The number of guanidine groups is 1. The van der Waals surface area contributed by atoms with E-state index in [1.807, 2.05) is 27.9 Å². The predicted octanol–water partition coefficient (Wildman–Crippen LogP) is 2.49. The van der Waals surface area contributed by atoms with Gasteiger partial charge in [-0.1, -0.05) is 12.1 Å². The molecule has 1 aromatic carbocycles. The SMILES string of the molecule is CCNC(=NCC(C)(C)N(C)C)NCC(C)Oc1ccccc1F. The van der Waals surface area contributed by atoms with Crippen molar-refractivity contribution in [2.75, 3.05) is 33.7 Å². The lowest BCUT2D eigenvalue weighted by molar-refractivity contribution is 0.204. The molecule has 2 N–H and O–H groups in total. The van der Waals surface area contributed by atoms with Crippen LogP contribution in [0.2, 0.25) is 0 Å². The van der Waals surface area contributed by atoms with Gasteiger partial charge in [-0.05, 0) is 53.9 Å². The number of benzene rings is 1. The number of nitrogens with one attached hydrogen (secondary N) is 2. The number of aliphatic imine (C=N–C) groups is 1. The molecule has 0 saturated heterocycles. The Kier molecular flexibility index (Phi) is 7.98. The Morgan fingerprint density at radius 3 is 2.54 bits per heavy atom. The molecular formula is C18H31FN4O. The van der Waals surface area contributed by atoms with E-state index in [1.165, 1.54) is 6.07 Å². The Labute approximate surface area is 145 Å². The van der Waals surface area contributed by atoms with Crippen molar-refractivity contribution in [2.24, 2.45) is 4.99 Å². The monoisotopic (exact) mass is 338 g/mol. The Morgan fingerprint density at radius 1 is 1.29 bits per heavy atom. The Hall–Kier alpha value is -1.82. The van der Waals surface area contributed by atoms with Gasteiger partial charge in [0.1, 0.15) is 6.10 Å². The van der Waals surface area contributed by atoms with Crippen LogP contribution in [-0.2, 0) is 0 Å². The van der Waals surface area contributed by atoms with Gasteiger partial charge in [-0.3, -0.25) is 4.99 Å². The van der Waals surface area contributed by atoms with E-state index in [2.05, 4.69) is 34.4 Å². The molecule has 1 atom stereocenters. The minimum Gasteiger partial charge on any atom is -0.486 e. The number of para-hydroxylation sites is 1. The molecule has 0 saturated carbocycles. The molecule has 0 aromatic heterocycles. The van der Waals surface area contributed by atoms with Gasteiger partial charge in [-0.25, -0.2) is 4.39 Å². The van der Waals surface area contributed by atoms with Crippen LogP contribution in [0.1, 0.15) is 27.7 Å². The molecule has 0 bridgehead atoms. The van der Waals surface area contributed by atoms with Gasteiger partial charge in [0.2, 0.25) is 0 Å². The van der Waals surface area contributed by atoms with E-state index in [0.29, 0.717) is 13.1 Å². The summed E-state index contributed by atoms with van der Waals surface area (Å²) in [4.78, 5) is 6.77. The van der Waals surface area contributed by atoms with E-state index in [-0.39, 0.29) is 23.2 Å². The number of hydrogen-bond donors (Lipinski definition) is 2. The molecule has 5 nitrogen and oxygen atoms in total. The summed E-state index contributed by atoms with van der Waals surface area (Å²) in [5.41, 5.74) is -0.0301. The topological polar surface area (TPSA) is 48.9 Å². The van der Waals surface area contributed by atoms with Crippen molar-refractivity contribution in [3.05, 3.63) is 30.1 Å². The van der Waals surface area contributed by atoms with E-state index < -0.39 is 0 Å². The highest BCUT2D eigenvalue weighted by molar-refractivity contribution is 5.79. The van der Waals surface area contributed by atoms with Crippen LogP contribution in [0.25, 0.3) is 0 Å². The maximum absolute atomic E-state index is 13.6. The first-order chi connectivity index (χ1) is 11.3. The van der Waals surface area contributed by atoms with Crippen molar-refractivity contribution in [3.8, 4) is 5.75 Å². The molecule has 6 heteroatoms. The normalized spacial score (nSPS) is 13.8. The van der Waals surface area contributed by atoms with Crippen LogP contribution in [0.3, 0.4) is 0 Å². The lowest BCUT2D eigenvalue weighted by Gasteiger charge is -2.31. The molecule has 0 heterocycles. The van der Waals surface area contributed by atoms with Crippen LogP contribution in [0, 0.1) is 5.82 Å². The fraction of sp³-hybridized carbons (Fsp3) is 0.611. The van der Waals surface area contributed by atoms with Gasteiger partial charge in [0.25, 0.3) is 0 Å². The minimum absolute atomic E-state index is 0.0301. The minimum atomic E-state index is -0.349. The summed E-state index contributed by atoms with van der Waals surface area (Å²) in [6.07, 6.45) is -0.187. The molecule has 136 valence electrons. The fourth-order valence-electron chi connectivity index (χ4n) is 1.79. The highest BCUT2D eigenvalue weighted by Crippen LogP contribution is 2.16. The summed E-state index contributed by atoms with van der Waals surface area (Å²) in [6, 6.07) is 6.43. The Balaban J connectivity index is 2.58. The smallest absolute Gasteiger partial charge is 0.191 e. The molecule has 1 aromatic rings. The summed E-state index contributed by atoms with van der Waals surface area (Å²) in [6.45, 7) is 10.2. The fourth-order valence-corrected chi connectivity index (χ4v) is 1.79. The number of halogens is 1. The van der Waals surface area contributed by atoms with Gasteiger partial charge in [-0.15, -0.1) is 0 Å². The third-order valence-corrected chi connectivity index (χ3v) is 3.90. The molecule has 1 unspecified atom stereocenters. The summed E-state index contributed by atoms with van der Waals surface area (Å²) in [5.74, 6) is 0.650. The maximum Gasteiger partial charge on any atom is 0.191 e. The van der Waals surface area contributed by atoms with Crippen LogP contribution in [0.15, 0.2) is 29.3 Å². The third-order valence-electron chi connectivity index (χ3n) is 3.90.